The van der Waals surface area contributed by atoms with Crippen molar-refractivity contribution >= 4 is 38.5 Å². The highest BCUT2D eigenvalue weighted by Gasteiger charge is 2.32. The summed E-state index contributed by atoms with van der Waals surface area (Å²) in [4.78, 5) is 28.2. The molecule has 11 nitrogen and oxygen atoms in total. The molecular formula is C34H41FN6O5S. The highest BCUT2D eigenvalue weighted by atomic mass is 32.2. The number of ether oxygens (including phenoxy) is 2. The van der Waals surface area contributed by atoms with E-state index in [0.717, 1.165) is 12.0 Å². The lowest BCUT2D eigenvalue weighted by Crippen LogP contribution is -2.50. The number of piperidine rings is 1. The summed E-state index contributed by atoms with van der Waals surface area (Å²) in [6.45, 7) is 12.3. The number of amides is 1. The summed E-state index contributed by atoms with van der Waals surface area (Å²) in [5.74, 6) is 0.492. The van der Waals surface area contributed by atoms with Crippen molar-refractivity contribution in [2.45, 2.75) is 66.0 Å². The minimum atomic E-state index is -3.75. The van der Waals surface area contributed by atoms with Crippen LogP contribution in [-0.2, 0) is 14.8 Å². The van der Waals surface area contributed by atoms with Crippen molar-refractivity contribution in [2.75, 3.05) is 28.9 Å². The molecule has 13 heteroatoms. The molecule has 2 unspecified atom stereocenters. The predicted molar refractivity (Wildman–Crippen MR) is 181 cm³/mol. The number of halogens is 1. The number of benzene rings is 2. The van der Waals surface area contributed by atoms with Crippen LogP contribution >= 0.6 is 0 Å². The summed E-state index contributed by atoms with van der Waals surface area (Å²) in [6.07, 6.45) is 4.08. The third kappa shape index (κ3) is 8.07. The zero-order chi connectivity index (χ0) is 33.9. The van der Waals surface area contributed by atoms with Gasteiger partial charge in [0.25, 0.3) is 0 Å². The minimum Gasteiger partial charge on any atom is -0.444 e. The summed E-state index contributed by atoms with van der Waals surface area (Å²) < 4.78 is 54.5. The number of nitrogens with one attached hydrogen (secondary N) is 2. The van der Waals surface area contributed by atoms with Gasteiger partial charge in [-0.25, -0.2) is 32.6 Å². The molecule has 0 radical (unpaired) electrons. The minimum absolute atomic E-state index is 0.0983. The van der Waals surface area contributed by atoms with Crippen molar-refractivity contribution in [1.29, 1.82) is 0 Å². The fraction of sp³-hybridized carbons (Fsp3) is 0.412. The van der Waals surface area contributed by atoms with Crippen LogP contribution in [0.5, 0.6) is 11.6 Å². The van der Waals surface area contributed by atoms with E-state index in [0.29, 0.717) is 53.2 Å². The highest BCUT2D eigenvalue weighted by molar-refractivity contribution is 7.92. The second-order valence-corrected chi connectivity index (χ2v) is 14.7. The number of hydrogen-bond acceptors (Lipinski definition) is 9. The molecule has 250 valence electrons. The van der Waals surface area contributed by atoms with E-state index in [4.69, 9.17) is 14.5 Å². The Labute approximate surface area is 275 Å². The third-order valence-electron chi connectivity index (χ3n) is 7.85. The van der Waals surface area contributed by atoms with Crippen molar-refractivity contribution in [3.8, 4) is 22.9 Å². The molecule has 1 amide bonds. The first-order chi connectivity index (χ1) is 22.2. The SMILES string of the molecule is CCCS(=O)(=O)Nc1c(F)ccc2c(Oc3ncccc3-c3ccnc(NC4CN(C(=O)OC(C)(C)C)CCC4C)n3)c(C)ccc12. The fourth-order valence-corrected chi connectivity index (χ4v) is 6.59. The Morgan fingerprint density at radius 1 is 1.09 bits per heavy atom. The largest absolute Gasteiger partial charge is 0.444 e. The van der Waals surface area contributed by atoms with Gasteiger partial charge in [-0.2, -0.15) is 0 Å². The zero-order valence-corrected chi connectivity index (χ0v) is 28.3. The standard InChI is InChI=1S/C34H41FN6O5S/c1-7-19-47(43,44)40-29-23-11-10-22(3)30(24(23)12-13-26(29)35)45-31-25(9-8-16-36-31)27-14-17-37-32(38-27)39-28-20-41(18-15-21(28)2)33(42)46-34(4,5)6/h8-14,16-17,21,28,40H,7,15,18-20H2,1-6H3,(H,37,38,39). The molecule has 1 aliphatic heterocycles. The van der Waals surface area contributed by atoms with E-state index in [1.165, 1.54) is 6.07 Å². The first-order valence-corrected chi connectivity index (χ1v) is 17.3. The van der Waals surface area contributed by atoms with Crippen LogP contribution in [0.1, 0.15) is 53.0 Å². The molecule has 4 aromatic rings. The van der Waals surface area contributed by atoms with Gasteiger partial charge in [0.05, 0.1) is 22.7 Å². The van der Waals surface area contributed by atoms with E-state index in [1.54, 1.807) is 54.5 Å². The molecule has 1 fully saturated rings. The molecule has 3 heterocycles. The Balaban J connectivity index is 1.43. The molecular weight excluding hydrogens is 623 g/mol. The van der Waals surface area contributed by atoms with Crippen LogP contribution in [0.2, 0.25) is 0 Å². The van der Waals surface area contributed by atoms with Crippen LogP contribution in [0.15, 0.2) is 54.9 Å². The maximum absolute atomic E-state index is 15.0. The van der Waals surface area contributed by atoms with E-state index in [2.05, 4.69) is 26.9 Å². The Hall–Kier alpha value is -4.52. The zero-order valence-electron chi connectivity index (χ0n) is 27.5. The normalized spacial score (nSPS) is 17.0. The van der Waals surface area contributed by atoms with Crippen LogP contribution in [0.25, 0.3) is 22.0 Å². The van der Waals surface area contributed by atoms with Crippen molar-refractivity contribution in [3.05, 3.63) is 66.2 Å². The molecule has 0 aliphatic carbocycles. The maximum Gasteiger partial charge on any atom is 0.410 e. The van der Waals surface area contributed by atoms with Gasteiger partial charge in [0.2, 0.25) is 21.9 Å². The number of aromatic nitrogens is 3. The summed E-state index contributed by atoms with van der Waals surface area (Å²) >= 11 is 0. The Morgan fingerprint density at radius 2 is 1.85 bits per heavy atom. The molecule has 0 bridgehead atoms. The molecule has 47 heavy (non-hydrogen) atoms. The van der Waals surface area contributed by atoms with Crippen molar-refractivity contribution in [1.82, 2.24) is 19.9 Å². The van der Waals surface area contributed by atoms with Gasteiger partial charge < -0.3 is 19.7 Å². The van der Waals surface area contributed by atoms with Gasteiger partial charge in [0, 0.05) is 42.3 Å². The van der Waals surface area contributed by atoms with E-state index in [9.17, 15) is 17.6 Å². The van der Waals surface area contributed by atoms with Gasteiger partial charge in [-0.05, 0) is 82.3 Å². The van der Waals surface area contributed by atoms with Gasteiger partial charge in [0.15, 0.2) is 0 Å². The van der Waals surface area contributed by atoms with Crippen molar-refractivity contribution < 1.29 is 27.1 Å². The molecule has 2 aromatic carbocycles. The Bertz CT molecular complexity index is 1880. The van der Waals surface area contributed by atoms with E-state index in [-0.39, 0.29) is 35.4 Å². The first kappa shape index (κ1) is 33.8. The monoisotopic (exact) mass is 664 g/mol. The van der Waals surface area contributed by atoms with Crippen LogP contribution in [-0.4, -0.2) is 64.8 Å². The number of aryl methyl sites for hydroxylation is 1. The van der Waals surface area contributed by atoms with Gasteiger partial charge in [0.1, 0.15) is 17.2 Å². The van der Waals surface area contributed by atoms with Gasteiger partial charge in [-0.1, -0.05) is 26.0 Å². The van der Waals surface area contributed by atoms with Crippen molar-refractivity contribution in [3.63, 3.8) is 0 Å². The number of carbonyl (C=O) groups is 1. The molecule has 0 spiro atoms. The number of anilines is 2. The lowest BCUT2D eigenvalue weighted by Gasteiger charge is -2.38. The summed E-state index contributed by atoms with van der Waals surface area (Å²) in [5, 5.41) is 4.28. The summed E-state index contributed by atoms with van der Waals surface area (Å²) in [5.41, 5.74) is 1.17. The molecule has 5 rings (SSSR count). The lowest BCUT2D eigenvalue weighted by molar-refractivity contribution is 0.0176. The predicted octanol–water partition coefficient (Wildman–Crippen LogP) is 7.14. The molecule has 0 saturated carbocycles. The summed E-state index contributed by atoms with van der Waals surface area (Å²) in [6, 6.07) is 11.4. The van der Waals surface area contributed by atoms with Crippen LogP contribution in [0.4, 0.5) is 20.8 Å². The van der Waals surface area contributed by atoms with Crippen LogP contribution in [0.3, 0.4) is 0 Å². The number of nitrogens with zero attached hydrogens (tertiary/aromatic N) is 4. The number of likely N-dealkylation sites (tertiary alicyclic amines) is 1. The number of fused-ring (bicyclic) bond motifs is 1. The smallest absolute Gasteiger partial charge is 0.410 e. The quantitative estimate of drug-likeness (QED) is 0.191. The Kier molecular flexibility index (Phi) is 9.85. The van der Waals surface area contributed by atoms with Gasteiger partial charge in [-0.3, -0.25) is 4.72 Å². The molecule has 1 aliphatic rings. The fourth-order valence-electron chi connectivity index (χ4n) is 5.43. The Morgan fingerprint density at radius 3 is 2.60 bits per heavy atom. The number of hydrogen-bond donors (Lipinski definition) is 2. The van der Waals surface area contributed by atoms with Crippen molar-refractivity contribution in [2.24, 2.45) is 5.92 Å². The second-order valence-electron chi connectivity index (χ2n) is 12.8. The average Bonchev–Trinajstić information content (AvgIpc) is 3.00. The number of carbonyl (C=O) groups excluding carboxylic acids is 1. The lowest BCUT2D eigenvalue weighted by atomic mass is 9.94. The highest BCUT2D eigenvalue weighted by Crippen LogP contribution is 2.40. The second kappa shape index (κ2) is 13.7. The van der Waals surface area contributed by atoms with Crippen LogP contribution < -0.4 is 14.8 Å². The summed E-state index contributed by atoms with van der Waals surface area (Å²) in [7, 11) is -3.75. The average molecular weight is 665 g/mol. The maximum atomic E-state index is 15.0. The first-order valence-electron chi connectivity index (χ1n) is 15.7. The topological polar surface area (TPSA) is 136 Å². The number of pyridine rings is 1. The molecule has 2 aromatic heterocycles. The number of rotatable bonds is 9. The number of sulfonamides is 1. The molecule has 2 atom stereocenters. The third-order valence-corrected chi connectivity index (χ3v) is 9.31. The van der Waals surface area contributed by atoms with E-state index >= 15 is 0 Å². The van der Waals surface area contributed by atoms with E-state index < -0.39 is 21.4 Å². The van der Waals surface area contributed by atoms with Crippen LogP contribution in [0, 0.1) is 18.7 Å². The van der Waals surface area contributed by atoms with Gasteiger partial charge in [-0.15, -0.1) is 0 Å². The van der Waals surface area contributed by atoms with E-state index in [1.807, 2.05) is 33.8 Å². The molecule has 1 saturated heterocycles. The molecule has 2 N–H and O–H groups in total. The van der Waals surface area contributed by atoms with Gasteiger partial charge >= 0.3 is 6.09 Å².